The molecule has 0 bridgehead atoms. The van der Waals surface area contributed by atoms with Crippen molar-refractivity contribution in [2.24, 2.45) is 5.92 Å². The number of aromatic amines is 1. The van der Waals surface area contributed by atoms with Gasteiger partial charge >= 0.3 is 5.97 Å². The average Bonchev–Trinajstić information content (AvgIpc) is 2.82. The van der Waals surface area contributed by atoms with Crippen LogP contribution >= 0.6 is 0 Å². The summed E-state index contributed by atoms with van der Waals surface area (Å²) in [5.74, 6) is -0.911. The average molecular weight is 244 g/mol. The van der Waals surface area contributed by atoms with Gasteiger partial charge in [-0.2, -0.15) is 0 Å². The lowest BCUT2D eigenvalue weighted by Gasteiger charge is -2.27. The third-order valence-electron chi connectivity index (χ3n) is 3.75. The second-order valence-corrected chi connectivity index (χ2v) is 4.86. The number of fused-ring (bicyclic) bond motifs is 1. The standard InChI is InChI=1S/C14H16N2O2/c17-14(18)9-5-6-15-13(7-9)11-8-16-12-4-2-1-3-10(11)12/h1-4,8-9,13,15-16H,5-7H2,(H,17,18). The molecule has 1 aromatic heterocycles. The number of nitrogens with one attached hydrogen (secondary N) is 2. The first kappa shape index (κ1) is 11.3. The van der Waals surface area contributed by atoms with Crippen LogP contribution in [0.25, 0.3) is 10.9 Å². The lowest BCUT2D eigenvalue weighted by Crippen LogP contribution is -2.34. The monoisotopic (exact) mass is 244 g/mol. The largest absolute Gasteiger partial charge is 0.481 e. The lowest BCUT2D eigenvalue weighted by molar-refractivity contribution is -0.143. The zero-order valence-corrected chi connectivity index (χ0v) is 10.0. The molecule has 0 spiro atoms. The number of rotatable bonds is 2. The lowest BCUT2D eigenvalue weighted by atomic mass is 9.89. The van der Waals surface area contributed by atoms with Gasteiger partial charge in [-0.1, -0.05) is 18.2 Å². The third kappa shape index (κ3) is 1.88. The van der Waals surface area contributed by atoms with Gasteiger partial charge in [0.2, 0.25) is 0 Å². The predicted octanol–water partition coefficient (Wildman–Crippen LogP) is 2.29. The topological polar surface area (TPSA) is 65.1 Å². The van der Waals surface area contributed by atoms with Crippen LogP contribution in [0.15, 0.2) is 30.5 Å². The van der Waals surface area contributed by atoms with Gasteiger partial charge in [-0.25, -0.2) is 0 Å². The molecule has 1 aliphatic rings. The summed E-state index contributed by atoms with van der Waals surface area (Å²) in [4.78, 5) is 14.3. The number of piperidine rings is 1. The Hall–Kier alpha value is -1.81. The number of carboxylic acid groups (broad SMARTS) is 1. The maximum atomic E-state index is 11.1. The van der Waals surface area contributed by atoms with Gasteiger partial charge in [-0.3, -0.25) is 4.79 Å². The summed E-state index contributed by atoms with van der Waals surface area (Å²) >= 11 is 0. The van der Waals surface area contributed by atoms with Crippen LogP contribution in [0.2, 0.25) is 0 Å². The van der Waals surface area contributed by atoms with E-state index in [9.17, 15) is 4.79 Å². The fourth-order valence-electron chi connectivity index (χ4n) is 2.76. The second-order valence-electron chi connectivity index (χ2n) is 4.86. The first-order valence-electron chi connectivity index (χ1n) is 6.28. The summed E-state index contributed by atoms with van der Waals surface area (Å²) in [6, 6.07) is 8.26. The first-order valence-corrected chi connectivity index (χ1v) is 6.28. The van der Waals surface area contributed by atoms with Crippen molar-refractivity contribution in [1.82, 2.24) is 10.3 Å². The van der Waals surface area contributed by atoms with Crippen LogP contribution in [0.5, 0.6) is 0 Å². The van der Waals surface area contributed by atoms with E-state index >= 15 is 0 Å². The highest BCUT2D eigenvalue weighted by Gasteiger charge is 2.28. The molecular formula is C14H16N2O2. The van der Waals surface area contributed by atoms with Crippen LogP contribution in [0.1, 0.15) is 24.4 Å². The van der Waals surface area contributed by atoms with Crippen molar-refractivity contribution < 1.29 is 9.90 Å². The van der Waals surface area contributed by atoms with Crippen molar-refractivity contribution in [3.05, 3.63) is 36.0 Å². The maximum absolute atomic E-state index is 11.1. The summed E-state index contributed by atoms with van der Waals surface area (Å²) in [5.41, 5.74) is 2.28. The summed E-state index contributed by atoms with van der Waals surface area (Å²) in [6.07, 6.45) is 3.37. The number of aromatic nitrogens is 1. The molecule has 0 saturated carbocycles. The van der Waals surface area contributed by atoms with Crippen LogP contribution in [-0.2, 0) is 4.79 Å². The highest BCUT2D eigenvalue weighted by molar-refractivity contribution is 5.83. The first-order chi connectivity index (χ1) is 8.75. The number of benzene rings is 1. The van der Waals surface area contributed by atoms with Gasteiger partial charge in [0.15, 0.2) is 0 Å². The van der Waals surface area contributed by atoms with Crippen molar-refractivity contribution >= 4 is 16.9 Å². The van der Waals surface area contributed by atoms with Crippen LogP contribution in [0.4, 0.5) is 0 Å². The minimum Gasteiger partial charge on any atom is -0.481 e. The van der Waals surface area contributed by atoms with E-state index in [0.29, 0.717) is 12.8 Å². The van der Waals surface area contributed by atoms with E-state index in [2.05, 4.69) is 16.4 Å². The Morgan fingerprint density at radius 1 is 1.33 bits per heavy atom. The Kier molecular flexibility index (Phi) is 2.80. The number of aliphatic carboxylic acids is 1. The van der Waals surface area contributed by atoms with Crippen LogP contribution in [-0.4, -0.2) is 22.6 Å². The molecule has 3 N–H and O–H groups in total. The van der Waals surface area contributed by atoms with Crippen LogP contribution < -0.4 is 5.32 Å². The molecule has 3 rings (SSSR count). The molecule has 94 valence electrons. The van der Waals surface area contributed by atoms with Crippen molar-refractivity contribution in [3.8, 4) is 0 Å². The number of hydrogen-bond acceptors (Lipinski definition) is 2. The van der Waals surface area contributed by atoms with Gasteiger partial charge < -0.3 is 15.4 Å². The van der Waals surface area contributed by atoms with Gasteiger partial charge in [0.25, 0.3) is 0 Å². The number of carbonyl (C=O) groups is 1. The molecule has 2 atom stereocenters. The Balaban J connectivity index is 1.92. The third-order valence-corrected chi connectivity index (χ3v) is 3.75. The molecule has 18 heavy (non-hydrogen) atoms. The van der Waals surface area contributed by atoms with Gasteiger partial charge in [0, 0.05) is 23.1 Å². The van der Waals surface area contributed by atoms with Gasteiger partial charge in [-0.15, -0.1) is 0 Å². The normalized spacial score (nSPS) is 24.2. The van der Waals surface area contributed by atoms with E-state index in [1.165, 1.54) is 10.9 Å². The quantitative estimate of drug-likeness (QED) is 0.759. The molecule has 1 saturated heterocycles. The number of hydrogen-bond donors (Lipinski definition) is 3. The van der Waals surface area contributed by atoms with Gasteiger partial charge in [0.1, 0.15) is 0 Å². The van der Waals surface area contributed by atoms with Crippen molar-refractivity contribution in [2.75, 3.05) is 6.54 Å². The number of para-hydroxylation sites is 1. The summed E-state index contributed by atoms with van der Waals surface area (Å²) in [6.45, 7) is 0.765. The molecule has 2 heterocycles. The number of carboxylic acids is 1. The summed E-state index contributed by atoms with van der Waals surface area (Å²) in [7, 11) is 0. The maximum Gasteiger partial charge on any atom is 0.306 e. The molecule has 0 aliphatic carbocycles. The van der Waals surface area contributed by atoms with Gasteiger partial charge in [0.05, 0.1) is 5.92 Å². The van der Waals surface area contributed by atoms with E-state index in [0.717, 1.165) is 12.1 Å². The zero-order chi connectivity index (χ0) is 12.5. The Labute approximate surface area is 105 Å². The second kappa shape index (κ2) is 4.46. The fourth-order valence-corrected chi connectivity index (χ4v) is 2.76. The molecule has 1 aliphatic heterocycles. The van der Waals surface area contributed by atoms with Crippen molar-refractivity contribution in [1.29, 1.82) is 0 Å². The molecule has 2 unspecified atom stereocenters. The minimum absolute atomic E-state index is 0.135. The smallest absolute Gasteiger partial charge is 0.306 e. The molecule has 4 heteroatoms. The highest BCUT2D eigenvalue weighted by atomic mass is 16.4. The molecule has 2 aromatic rings. The van der Waals surface area contributed by atoms with Crippen molar-refractivity contribution in [3.63, 3.8) is 0 Å². The summed E-state index contributed by atoms with van der Waals surface area (Å²) in [5, 5.41) is 13.7. The molecule has 4 nitrogen and oxygen atoms in total. The molecule has 1 aromatic carbocycles. The van der Waals surface area contributed by atoms with E-state index in [4.69, 9.17) is 5.11 Å². The zero-order valence-electron chi connectivity index (χ0n) is 10.0. The minimum atomic E-state index is -0.679. The SMILES string of the molecule is O=C(O)C1CCNC(c2c[nH]c3ccccc23)C1. The van der Waals surface area contributed by atoms with E-state index in [1.807, 2.05) is 24.4 Å². The van der Waals surface area contributed by atoms with Crippen molar-refractivity contribution in [2.45, 2.75) is 18.9 Å². The Morgan fingerprint density at radius 3 is 3.00 bits per heavy atom. The Morgan fingerprint density at radius 2 is 2.17 bits per heavy atom. The van der Waals surface area contributed by atoms with Crippen LogP contribution in [0.3, 0.4) is 0 Å². The molecule has 1 fully saturated rings. The van der Waals surface area contributed by atoms with E-state index in [1.54, 1.807) is 0 Å². The van der Waals surface area contributed by atoms with E-state index < -0.39 is 5.97 Å². The van der Waals surface area contributed by atoms with Crippen LogP contribution in [0, 0.1) is 5.92 Å². The fraction of sp³-hybridized carbons (Fsp3) is 0.357. The highest BCUT2D eigenvalue weighted by Crippen LogP contribution is 2.31. The van der Waals surface area contributed by atoms with Gasteiger partial charge in [-0.05, 0) is 31.0 Å². The predicted molar refractivity (Wildman–Crippen MR) is 69.4 cm³/mol. The molecule has 0 amide bonds. The Bertz CT molecular complexity index is 576. The number of H-pyrrole nitrogens is 1. The molecular weight excluding hydrogens is 228 g/mol. The summed E-state index contributed by atoms with van der Waals surface area (Å²) < 4.78 is 0. The molecule has 0 radical (unpaired) electrons. The van der Waals surface area contributed by atoms with E-state index in [-0.39, 0.29) is 12.0 Å².